The number of rotatable bonds is 4. The first-order valence-corrected chi connectivity index (χ1v) is 5.99. The van der Waals surface area contributed by atoms with Gasteiger partial charge in [-0.2, -0.15) is 0 Å². The molecule has 0 fully saturated rings. The summed E-state index contributed by atoms with van der Waals surface area (Å²) in [4.78, 5) is 3.79. The summed E-state index contributed by atoms with van der Waals surface area (Å²) in [5.74, 6) is 0. The predicted molar refractivity (Wildman–Crippen MR) is 62.7 cm³/mol. The number of nitrogens with zero attached hydrogens (tertiary/aromatic N) is 1. The van der Waals surface area contributed by atoms with Crippen molar-refractivity contribution in [2.45, 2.75) is 4.90 Å². The van der Waals surface area contributed by atoms with Crippen LogP contribution in [0.25, 0.3) is 0 Å². The standard InChI is InChI=1S/C10H9NO2S2/c1-9(7-11-8-14)15(12,13)10-5-3-2-4-6-10/h2-6H,1,7H2. The van der Waals surface area contributed by atoms with Crippen molar-refractivity contribution >= 4 is 27.2 Å². The van der Waals surface area contributed by atoms with Gasteiger partial charge in [0.25, 0.3) is 0 Å². The average molecular weight is 239 g/mol. The summed E-state index contributed by atoms with van der Waals surface area (Å²) in [5.41, 5.74) is 0. The number of hydrogen-bond acceptors (Lipinski definition) is 4. The summed E-state index contributed by atoms with van der Waals surface area (Å²) in [7, 11) is -3.49. The largest absolute Gasteiger partial charge is 0.227 e. The smallest absolute Gasteiger partial charge is 0.204 e. The van der Waals surface area contributed by atoms with Gasteiger partial charge in [0, 0.05) is 0 Å². The first-order valence-electron chi connectivity index (χ1n) is 4.10. The zero-order valence-electron chi connectivity index (χ0n) is 7.88. The molecule has 3 nitrogen and oxygen atoms in total. The van der Waals surface area contributed by atoms with Crippen molar-refractivity contribution in [3.05, 3.63) is 41.8 Å². The van der Waals surface area contributed by atoms with Crippen LogP contribution in [0, 0.1) is 0 Å². The molecule has 1 rings (SSSR count). The average Bonchev–Trinajstić information content (AvgIpc) is 2.27. The van der Waals surface area contributed by atoms with Crippen molar-refractivity contribution in [3.63, 3.8) is 0 Å². The lowest BCUT2D eigenvalue weighted by molar-refractivity contribution is 0.601. The van der Waals surface area contributed by atoms with Crippen LogP contribution >= 0.6 is 12.2 Å². The molecule has 15 heavy (non-hydrogen) atoms. The molecule has 0 amide bonds. The number of benzene rings is 1. The molecule has 1 aromatic carbocycles. The molecule has 5 heteroatoms. The van der Waals surface area contributed by atoms with Crippen LogP contribution in [0.5, 0.6) is 0 Å². The minimum absolute atomic E-state index is 0.0195. The molecule has 0 saturated heterocycles. The van der Waals surface area contributed by atoms with E-state index in [0.717, 1.165) is 0 Å². The number of isothiocyanates is 1. The minimum atomic E-state index is -3.49. The highest BCUT2D eigenvalue weighted by Gasteiger charge is 2.17. The van der Waals surface area contributed by atoms with E-state index in [4.69, 9.17) is 0 Å². The normalized spacial score (nSPS) is 10.4. The summed E-state index contributed by atoms with van der Waals surface area (Å²) in [6.07, 6.45) is 0. The van der Waals surface area contributed by atoms with Crippen molar-refractivity contribution in [2.24, 2.45) is 4.99 Å². The third-order valence-electron chi connectivity index (χ3n) is 1.75. The predicted octanol–water partition coefficient (Wildman–Crippen LogP) is 2.08. The second-order valence-corrected chi connectivity index (χ2v) is 5.00. The molecule has 0 N–H and O–H groups in total. The third-order valence-corrected chi connectivity index (χ3v) is 3.66. The van der Waals surface area contributed by atoms with Gasteiger partial charge in [0.15, 0.2) is 0 Å². The van der Waals surface area contributed by atoms with Crippen LogP contribution in [-0.2, 0) is 9.84 Å². The maximum atomic E-state index is 11.8. The molecule has 0 radical (unpaired) electrons. The molecule has 0 atom stereocenters. The fraction of sp³-hybridized carbons (Fsp3) is 0.100. The van der Waals surface area contributed by atoms with Gasteiger partial charge in [-0.25, -0.2) is 13.4 Å². The Bertz CT molecular complexity index is 499. The van der Waals surface area contributed by atoms with Gasteiger partial charge in [0.2, 0.25) is 9.84 Å². The third kappa shape index (κ3) is 2.83. The van der Waals surface area contributed by atoms with Crippen molar-refractivity contribution < 1.29 is 8.42 Å². The van der Waals surface area contributed by atoms with Gasteiger partial charge in [-0.1, -0.05) is 24.8 Å². The van der Waals surface area contributed by atoms with Crippen LogP contribution < -0.4 is 0 Å². The summed E-state index contributed by atoms with van der Waals surface area (Å²) < 4.78 is 23.6. The fourth-order valence-electron chi connectivity index (χ4n) is 0.972. The number of aliphatic imine (C=N–C) groups is 1. The van der Waals surface area contributed by atoms with E-state index >= 15 is 0 Å². The zero-order valence-corrected chi connectivity index (χ0v) is 9.51. The Balaban J connectivity index is 3.04. The molecule has 0 bridgehead atoms. The molecule has 0 aliphatic rings. The van der Waals surface area contributed by atoms with Gasteiger partial charge in [0.05, 0.1) is 21.5 Å². The number of thiocarbonyl (C=S) groups is 1. The molecule has 78 valence electrons. The summed E-state index contributed by atoms with van der Waals surface area (Å²) in [6, 6.07) is 8.09. The second kappa shape index (κ2) is 4.98. The van der Waals surface area contributed by atoms with Crippen molar-refractivity contribution in [3.8, 4) is 0 Å². The highest BCUT2D eigenvalue weighted by atomic mass is 32.2. The Kier molecular flexibility index (Phi) is 3.91. The zero-order chi connectivity index (χ0) is 11.3. The van der Waals surface area contributed by atoms with Gasteiger partial charge in [-0.15, -0.1) is 0 Å². The summed E-state index contributed by atoms with van der Waals surface area (Å²) >= 11 is 4.36. The van der Waals surface area contributed by atoms with Crippen LogP contribution in [0.2, 0.25) is 0 Å². The minimum Gasteiger partial charge on any atom is -0.227 e. The molecule has 0 aromatic heterocycles. The molecule has 0 unspecified atom stereocenters. The Hall–Kier alpha value is -1.29. The van der Waals surface area contributed by atoms with Crippen LogP contribution in [0.3, 0.4) is 0 Å². The Labute approximate surface area is 94.1 Å². The van der Waals surface area contributed by atoms with Crippen LogP contribution in [0.4, 0.5) is 0 Å². The van der Waals surface area contributed by atoms with E-state index in [0.29, 0.717) is 0 Å². The SMILES string of the molecule is C=C(CN=C=S)S(=O)(=O)c1ccccc1. The van der Waals surface area contributed by atoms with E-state index in [1.807, 2.05) is 0 Å². The Morgan fingerprint density at radius 2 is 2.00 bits per heavy atom. The molecule has 0 aliphatic heterocycles. The van der Waals surface area contributed by atoms with E-state index in [1.54, 1.807) is 18.2 Å². The maximum Gasteiger partial charge on any atom is 0.204 e. The fourth-order valence-corrected chi connectivity index (χ4v) is 2.12. The number of sulfone groups is 1. The van der Waals surface area contributed by atoms with Crippen molar-refractivity contribution in [1.82, 2.24) is 0 Å². The van der Waals surface area contributed by atoms with E-state index in [9.17, 15) is 8.42 Å². The lowest BCUT2D eigenvalue weighted by Gasteiger charge is -2.03. The first-order chi connectivity index (χ1) is 7.09. The van der Waals surface area contributed by atoms with Crippen LogP contribution in [0.15, 0.2) is 51.7 Å². The highest BCUT2D eigenvalue weighted by Crippen LogP contribution is 2.17. The first kappa shape index (κ1) is 11.8. The lowest BCUT2D eigenvalue weighted by Crippen LogP contribution is -2.06. The van der Waals surface area contributed by atoms with Crippen molar-refractivity contribution in [2.75, 3.05) is 6.54 Å². The Morgan fingerprint density at radius 1 is 1.40 bits per heavy atom. The molecule has 0 heterocycles. The van der Waals surface area contributed by atoms with Gasteiger partial charge in [-0.3, -0.25) is 0 Å². The molecular formula is C10H9NO2S2. The topological polar surface area (TPSA) is 46.5 Å². The quantitative estimate of drug-likeness (QED) is 0.597. The van der Waals surface area contributed by atoms with Gasteiger partial charge in [0.1, 0.15) is 0 Å². The number of hydrogen-bond donors (Lipinski definition) is 0. The monoisotopic (exact) mass is 239 g/mol. The van der Waals surface area contributed by atoms with E-state index in [2.05, 4.69) is 29.0 Å². The molecule has 0 spiro atoms. The van der Waals surface area contributed by atoms with E-state index in [1.165, 1.54) is 12.1 Å². The van der Waals surface area contributed by atoms with Crippen LogP contribution in [-0.4, -0.2) is 20.1 Å². The van der Waals surface area contributed by atoms with Gasteiger partial charge < -0.3 is 0 Å². The van der Waals surface area contributed by atoms with Gasteiger partial charge in [-0.05, 0) is 24.4 Å². The van der Waals surface area contributed by atoms with Crippen LogP contribution in [0.1, 0.15) is 0 Å². The molecule has 0 saturated carbocycles. The summed E-state index contributed by atoms with van der Waals surface area (Å²) in [6.45, 7) is 3.43. The lowest BCUT2D eigenvalue weighted by atomic mass is 10.4. The highest BCUT2D eigenvalue weighted by molar-refractivity contribution is 7.95. The van der Waals surface area contributed by atoms with Crippen molar-refractivity contribution in [1.29, 1.82) is 0 Å². The van der Waals surface area contributed by atoms with E-state index < -0.39 is 9.84 Å². The molecular weight excluding hydrogens is 230 g/mol. The second-order valence-electron chi connectivity index (χ2n) is 2.76. The van der Waals surface area contributed by atoms with E-state index in [-0.39, 0.29) is 16.3 Å². The molecule has 0 aliphatic carbocycles. The summed E-state index contributed by atoms with van der Waals surface area (Å²) in [5, 5.41) is 2.11. The van der Waals surface area contributed by atoms with Gasteiger partial charge >= 0.3 is 0 Å². The molecule has 1 aromatic rings. The Morgan fingerprint density at radius 3 is 2.53 bits per heavy atom. The maximum absolute atomic E-state index is 11.8.